The molecule has 8 nitrogen and oxygen atoms in total. The predicted molar refractivity (Wildman–Crippen MR) is 126 cm³/mol. The van der Waals surface area contributed by atoms with Gasteiger partial charge in [-0.1, -0.05) is 12.1 Å². The average Bonchev–Trinajstić information content (AvgIpc) is 3.45. The topological polar surface area (TPSA) is 70.0 Å². The molecule has 0 amide bonds. The van der Waals surface area contributed by atoms with Crippen molar-refractivity contribution in [2.75, 3.05) is 54.4 Å². The average molecular weight is 428 g/mol. The Morgan fingerprint density at radius 3 is 2.55 bits per heavy atom. The lowest BCUT2D eigenvalue weighted by molar-refractivity contribution is 0.244. The van der Waals surface area contributed by atoms with E-state index < -0.39 is 0 Å². The van der Waals surface area contributed by atoms with Gasteiger partial charge in [-0.25, -0.2) is 0 Å². The summed E-state index contributed by atoms with van der Waals surface area (Å²) in [6.45, 7) is 3.77. The number of aliphatic imine (C=N–C) groups is 1. The van der Waals surface area contributed by atoms with Gasteiger partial charge in [-0.15, -0.1) is 0 Å². The Labute approximate surface area is 186 Å². The van der Waals surface area contributed by atoms with Crippen LogP contribution in [0, 0.1) is 0 Å². The highest BCUT2D eigenvalue weighted by atomic mass is 16.5. The van der Waals surface area contributed by atoms with Crippen molar-refractivity contribution in [2.45, 2.75) is 24.9 Å². The highest BCUT2D eigenvalue weighted by molar-refractivity contribution is 5.79. The molecule has 2 unspecified atom stereocenters. The number of likely N-dealkylation sites (N-methyl/N-ethyl adjacent to an activating group) is 1. The molecule has 1 aromatic heterocycles. The van der Waals surface area contributed by atoms with Crippen LogP contribution in [0.15, 0.2) is 41.7 Å². The van der Waals surface area contributed by atoms with Gasteiger partial charge in [0.15, 0.2) is 5.96 Å². The number of likely N-dealkylation sites (tertiary alicyclic amines) is 1. The van der Waals surface area contributed by atoms with E-state index in [1.54, 1.807) is 7.11 Å². The summed E-state index contributed by atoms with van der Waals surface area (Å²) >= 11 is 0. The second kappa shape index (κ2) is 11.2. The Morgan fingerprint density at radius 2 is 1.94 bits per heavy atom. The smallest absolute Gasteiger partial charge is 0.191 e. The van der Waals surface area contributed by atoms with Gasteiger partial charge in [-0.05, 0) is 57.7 Å². The van der Waals surface area contributed by atoms with Crippen molar-refractivity contribution in [2.24, 2.45) is 12.0 Å². The summed E-state index contributed by atoms with van der Waals surface area (Å²) in [4.78, 5) is 9.20. The minimum Gasteiger partial charge on any atom is -0.497 e. The standard InChI is InChI=1S/C23H37N7O/c1-24-23(25-15-21(28(2)3)19-14-27-29(4)17-19)26-16-22(30-11-6-7-12-30)18-9-8-10-20(13-18)31-5/h8-10,13-14,17,21-22H,6-7,11-12,15-16H2,1-5H3,(H2,24,25,26). The van der Waals surface area contributed by atoms with E-state index in [9.17, 15) is 0 Å². The van der Waals surface area contributed by atoms with Crippen molar-refractivity contribution in [3.05, 3.63) is 47.8 Å². The van der Waals surface area contributed by atoms with Crippen LogP contribution in [0.2, 0.25) is 0 Å². The highest BCUT2D eigenvalue weighted by Crippen LogP contribution is 2.27. The molecular formula is C23H37N7O. The Kier molecular flexibility index (Phi) is 8.31. The normalized spacial score (nSPS) is 17.0. The van der Waals surface area contributed by atoms with Crippen molar-refractivity contribution >= 4 is 5.96 Å². The molecule has 1 aromatic carbocycles. The minimum atomic E-state index is 0.208. The van der Waals surface area contributed by atoms with E-state index >= 15 is 0 Å². The van der Waals surface area contributed by atoms with Gasteiger partial charge in [0, 0.05) is 38.9 Å². The van der Waals surface area contributed by atoms with E-state index in [0.29, 0.717) is 0 Å². The Balaban J connectivity index is 1.64. The molecule has 170 valence electrons. The zero-order valence-corrected chi connectivity index (χ0v) is 19.5. The number of nitrogens with one attached hydrogen (secondary N) is 2. The maximum atomic E-state index is 5.46. The van der Waals surface area contributed by atoms with E-state index in [1.807, 2.05) is 31.0 Å². The van der Waals surface area contributed by atoms with Crippen molar-refractivity contribution in [3.8, 4) is 5.75 Å². The molecule has 31 heavy (non-hydrogen) atoms. The van der Waals surface area contributed by atoms with Gasteiger partial charge in [-0.3, -0.25) is 14.6 Å². The molecular weight excluding hydrogens is 390 g/mol. The molecule has 2 atom stereocenters. The number of hydrogen-bond donors (Lipinski definition) is 2. The molecule has 3 rings (SSSR count). The second-order valence-corrected chi connectivity index (χ2v) is 8.30. The number of rotatable bonds is 9. The molecule has 0 radical (unpaired) electrons. The summed E-state index contributed by atoms with van der Waals surface area (Å²) in [6.07, 6.45) is 6.50. The molecule has 0 saturated carbocycles. The summed E-state index contributed by atoms with van der Waals surface area (Å²) in [5, 5.41) is 11.4. The van der Waals surface area contributed by atoms with Crippen LogP contribution in [0.1, 0.15) is 36.1 Å². The molecule has 2 aromatic rings. The molecule has 2 N–H and O–H groups in total. The molecule has 2 heterocycles. The molecule has 0 spiro atoms. The number of guanidine groups is 1. The first kappa shape index (κ1) is 23.1. The Hall–Kier alpha value is -2.58. The van der Waals surface area contributed by atoms with Crippen LogP contribution >= 0.6 is 0 Å². The van der Waals surface area contributed by atoms with Crippen molar-refractivity contribution in [3.63, 3.8) is 0 Å². The van der Waals surface area contributed by atoms with Gasteiger partial charge in [0.1, 0.15) is 5.75 Å². The second-order valence-electron chi connectivity index (χ2n) is 8.30. The lowest BCUT2D eigenvalue weighted by atomic mass is 10.1. The number of ether oxygens (including phenoxy) is 1. The summed E-state index contributed by atoms with van der Waals surface area (Å²) in [6, 6.07) is 8.89. The van der Waals surface area contributed by atoms with Gasteiger partial charge in [-0.2, -0.15) is 5.10 Å². The first-order valence-electron chi connectivity index (χ1n) is 11.0. The van der Waals surface area contributed by atoms with E-state index in [0.717, 1.165) is 37.9 Å². The third kappa shape index (κ3) is 6.21. The van der Waals surface area contributed by atoms with Gasteiger partial charge in [0.05, 0.1) is 25.4 Å². The number of benzene rings is 1. The van der Waals surface area contributed by atoms with Crippen LogP contribution in [0.25, 0.3) is 0 Å². The molecule has 1 saturated heterocycles. The summed E-state index contributed by atoms with van der Waals surface area (Å²) in [5.41, 5.74) is 2.45. The summed E-state index contributed by atoms with van der Waals surface area (Å²) in [7, 11) is 9.66. The summed E-state index contributed by atoms with van der Waals surface area (Å²) in [5.74, 6) is 1.71. The van der Waals surface area contributed by atoms with Gasteiger partial charge < -0.3 is 20.3 Å². The van der Waals surface area contributed by atoms with Crippen molar-refractivity contribution in [1.82, 2.24) is 30.2 Å². The van der Waals surface area contributed by atoms with Gasteiger partial charge in [0.2, 0.25) is 0 Å². The highest BCUT2D eigenvalue weighted by Gasteiger charge is 2.24. The van der Waals surface area contributed by atoms with Crippen LogP contribution in [0.3, 0.4) is 0 Å². The first-order chi connectivity index (χ1) is 15.0. The predicted octanol–water partition coefficient (Wildman–Crippen LogP) is 2.03. The van der Waals surface area contributed by atoms with Crippen LogP contribution in [-0.2, 0) is 7.05 Å². The Morgan fingerprint density at radius 1 is 1.19 bits per heavy atom. The van der Waals surface area contributed by atoms with Crippen LogP contribution in [0.4, 0.5) is 0 Å². The van der Waals surface area contributed by atoms with Crippen molar-refractivity contribution < 1.29 is 4.74 Å². The largest absolute Gasteiger partial charge is 0.497 e. The quantitative estimate of drug-likeness (QED) is 0.471. The monoisotopic (exact) mass is 427 g/mol. The van der Waals surface area contributed by atoms with E-state index in [2.05, 4.69) is 69.0 Å². The molecule has 0 bridgehead atoms. The summed E-state index contributed by atoms with van der Waals surface area (Å²) < 4.78 is 7.30. The zero-order chi connectivity index (χ0) is 22.2. The number of hydrogen-bond acceptors (Lipinski definition) is 5. The van der Waals surface area contributed by atoms with E-state index in [-0.39, 0.29) is 12.1 Å². The van der Waals surface area contributed by atoms with Crippen LogP contribution in [-0.4, -0.2) is 80.0 Å². The van der Waals surface area contributed by atoms with E-state index in [4.69, 9.17) is 4.74 Å². The fraction of sp³-hybridized carbons (Fsp3) is 0.565. The van der Waals surface area contributed by atoms with Crippen molar-refractivity contribution in [1.29, 1.82) is 0 Å². The number of aromatic nitrogens is 2. The van der Waals surface area contributed by atoms with Gasteiger partial charge >= 0.3 is 0 Å². The number of aryl methyl sites for hydroxylation is 1. The lowest BCUT2D eigenvalue weighted by Crippen LogP contribution is -2.45. The minimum absolute atomic E-state index is 0.208. The Bertz CT molecular complexity index is 842. The van der Waals surface area contributed by atoms with Crippen LogP contribution in [0.5, 0.6) is 5.75 Å². The molecule has 1 aliphatic rings. The lowest BCUT2D eigenvalue weighted by Gasteiger charge is -2.30. The number of methoxy groups -OCH3 is 1. The van der Waals surface area contributed by atoms with E-state index in [1.165, 1.54) is 24.0 Å². The fourth-order valence-corrected chi connectivity index (χ4v) is 4.18. The molecule has 1 fully saturated rings. The first-order valence-corrected chi connectivity index (χ1v) is 11.0. The zero-order valence-electron chi connectivity index (χ0n) is 19.5. The third-order valence-corrected chi connectivity index (χ3v) is 5.94. The fourth-order valence-electron chi connectivity index (χ4n) is 4.18. The van der Waals surface area contributed by atoms with Crippen LogP contribution < -0.4 is 15.4 Å². The maximum absolute atomic E-state index is 5.46. The SMILES string of the molecule is CN=C(NCC(c1cnn(C)c1)N(C)C)NCC(c1cccc(OC)c1)N1CCCC1. The number of nitrogens with zero attached hydrogens (tertiary/aromatic N) is 5. The molecule has 0 aliphatic carbocycles. The maximum Gasteiger partial charge on any atom is 0.191 e. The molecule has 1 aliphatic heterocycles. The molecule has 8 heteroatoms. The third-order valence-electron chi connectivity index (χ3n) is 5.94. The van der Waals surface area contributed by atoms with Gasteiger partial charge in [0.25, 0.3) is 0 Å².